The van der Waals surface area contributed by atoms with Crippen LogP contribution in [0.25, 0.3) is 0 Å². The van der Waals surface area contributed by atoms with Crippen LogP contribution >= 0.6 is 11.8 Å². The van der Waals surface area contributed by atoms with E-state index in [0.29, 0.717) is 24.1 Å². The van der Waals surface area contributed by atoms with Crippen molar-refractivity contribution in [2.75, 3.05) is 12.9 Å². The third kappa shape index (κ3) is 5.86. The Morgan fingerprint density at radius 3 is 2.46 bits per heavy atom. The number of carbonyl (C=O) groups excluding carboxylic acids is 2. The second-order valence-corrected chi connectivity index (χ2v) is 6.62. The summed E-state index contributed by atoms with van der Waals surface area (Å²) in [7, 11) is 0. The van der Waals surface area contributed by atoms with Crippen molar-refractivity contribution in [2.45, 2.75) is 17.8 Å². The quantitative estimate of drug-likeness (QED) is 0.657. The maximum absolute atomic E-state index is 12.9. The number of thioether (sulfide) groups is 1. The highest BCUT2D eigenvalue weighted by atomic mass is 32.2. The maximum atomic E-state index is 12.9. The molecule has 7 heteroatoms. The van der Waals surface area contributed by atoms with Crippen LogP contribution in [0.2, 0.25) is 0 Å². The Hall–Kier alpha value is -2.38. The van der Waals surface area contributed by atoms with Crippen LogP contribution in [0, 0.1) is 5.82 Å². The molecule has 26 heavy (non-hydrogen) atoms. The number of carbonyl (C=O) groups is 2. The molecular weight excluding hydrogens is 357 g/mol. The van der Waals surface area contributed by atoms with Gasteiger partial charge < -0.3 is 9.84 Å². The van der Waals surface area contributed by atoms with Crippen LogP contribution in [0.4, 0.5) is 4.39 Å². The van der Waals surface area contributed by atoms with E-state index in [1.807, 2.05) is 18.4 Å². The summed E-state index contributed by atoms with van der Waals surface area (Å²) in [5.74, 6) is -0.106. The summed E-state index contributed by atoms with van der Waals surface area (Å²) in [5.41, 5.74) is 1.50. The van der Waals surface area contributed by atoms with Crippen molar-refractivity contribution >= 4 is 24.1 Å². The number of nitrogens with one attached hydrogen (secondary N) is 1. The van der Waals surface area contributed by atoms with Crippen molar-refractivity contribution < 1.29 is 23.8 Å². The number of ether oxygens (including phenoxy) is 1. The third-order valence-corrected chi connectivity index (χ3v) is 4.74. The normalized spacial score (nSPS) is 12.9. The summed E-state index contributed by atoms with van der Waals surface area (Å²) in [6, 6.07) is 12.8. The van der Waals surface area contributed by atoms with Gasteiger partial charge >= 0.3 is 0 Å². The van der Waals surface area contributed by atoms with Crippen LogP contribution in [0.1, 0.15) is 17.2 Å². The summed E-state index contributed by atoms with van der Waals surface area (Å²) < 4.78 is 18.4. The molecule has 0 saturated heterocycles. The largest absolute Gasteiger partial charge is 0.491 e. The fraction of sp³-hybridized carbons (Fsp3) is 0.263. The number of hydrogen-bond acceptors (Lipinski definition) is 5. The summed E-state index contributed by atoms with van der Waals surface area (Å²) in [6.45, 7) is 0.0418. The van der Waals surface area contributed by atoms with E-state index in [-0.39, 0.29) is 23.6 Å². The number of halogens is 1. The number of aliphatic hydroxyl groups is 1. The molecule has 2 rings (SSSR count). The summed E-state index contributed by atoms with van der Waals surface area (Å²) in [4.78, 5) is 22.1. The Morgan fingerprint density at radius 2 is 1.88 bits per heavy atom. The zero-order chi connectivity index (χ0) is 18.9. The van der Waals surface area contributed by atoms with Gasteiger partial charge in [0.25, 0.3) is 0 Å². The molecule has 0 radical (unpaired) electrons. The molecule has 0 spiro atoms. The lowest BCUT2D eigenvalue weighted by atomic mass is 10.1. The van der Waals surface area contributed by atoms with Crippen LogP contribution in [0.3, 0.4) is 0 Å². The predicted octanol–water partition coefficient (Wildman–Crippen LogP) is 2.48. The molecule has 2 N–H and O–H groups in total. The first-order valence-corrected chi connectivity index (χ1v) is 9.24. The lowest BCUT2D eigenvalue weighted by Gasteiger charge is -2.14. The molecule has 0 aliphatic carbocycles. The van der Waals surface area contributed by atoms with Gasteiger partial charge in [-0.3, -0.25) is 14.9 Å². The van der Waals surface area contributed by atoms with Gasteiger partial charge in [0, 0.05) is 0 Å². The topological polar surface area (TPSA) is 75.6 Å². The molecule has 0 aliphatic rings. The van der Waals surface area contributed by atoms with Crippen molar-refractivity contribution in [1.82, 2.24) is 5.32 Å². The minimum atomic E-state index is -0.858. The molecule has 0 fully saturated rings. The molecule has 2 aromatic rings. The van der Waals surface area contributed by atoms with Gasteiger partial charge in [-0.25, -0.2) is 4.39 Å². The SMILES string of the molecule is CSC(Cc1ccc(OCC(O)c2ccc(F)cc2)cc1)C(=O)NC=O. The number of imide groups is 1. The first-order valence-electron chi connectivity index (χ1n) is 7.95. The molecule has 5 nitrogen and oxygen atoms in total. The molecular formula is C19H20FNO4S. The zero-order valence-electron chi connectivity index (χ0n) is 14.2. The molecule has 0 heterocycles. The van der Waals surface area contributed by atoms with Gasteiger partial charge in [-0.1, -0.05) is 24.3 Å². The fourth-order valence-corrected chi connectivity index (χ4v) is 2.97. The van der Waals surface area contributed by atoms with Crippen molar-refractivity contribution in [2.24, 2.45) is 0 Å². The van der Waals surface area contributed by atoms with E-state index < -0.39 is 6.10 Å². The average molecular weight is 377 g/mol. The van der Waals surface area contributed by atoms with Gasteiger partial charge in [0.1, 0.15) is 24.3 Å². The molecule has 0 bridgehead atoms. The number of aliphatic hydroxyl groups excluding tert-OH is 1. The first kappa shape index (κ1) is 19.9. The van der Waals surface area contributed by atoms with Crippen molar-refractivity contribution in [3.63, 3.8) is 0 Å². The minimum Gasteiger partial charge on any atom is -0.491 e. The van der Waals surface area contributed by atoms with E-state index in [9.17, 15) is 19.1 Å². The summed E-state index contributed by atoms with van der Waals surface area (Å²) in [6.07, 6.45) is 1.82. The van der Waals surface area contributed by atoms with Crippen LogP contribution in [0.15, 0.2) is 48.5 Å². The van der Waals surface area contributed by atoms with Gasteiger partial charge in [-0.15, -0.1) is 0 Å². The molecule has 2 amide bonds. The lowest BCUT2D eigenvalue weighted by molar-refractivity contribution is -0.124. The number of amides is 2. The average Bonchev–Trinajstić information content (AvgIpc) is 2.65. The van der Waals surface area contributed by atoms with E-state index in [1.165, 1.54) is 36.0 Å². The van der Waals surface area contributed by atoms with E-state index in [2.05, 4.69) is 5.32 Å². The van der Waals surface area contributed by atoms with Crippen molar-refractivity contribution in [3.05, 3.63) is 65.5 Å². The number of benzene rings is 2. The summed E-state index contributed by atoms with van der Waals surface area (Å²) >= 11 is 1.37. The van der Waals surface area contributed by atoms with E-state index in [4.69, 9.17) is 4.74 Å². The monoisotopic (exact) mass is 377 g/mol. The smallest absolute Gasteiger partial charge is 0.239 e. The van der Waals surface area contributed by atoms with Crippen molar-refractivity contribution in [3.8, 4) is 5.75 Å². The number of hydrogen-bond donors (Lipinski definition) is 2. The van der Waals surface area contributed by atoms with E-state index in [1.54, 1.807) is 12.1 Å². The second kappa shape index (κ2) is 9.94. The van der Waals surface area contributed by atoms with Crippen LogP contribution in [-0.4, -0.2) is 35.5 Å². The standard InChI is InChI=1S/C19H20FNO4S/c1-26-18(19(24)21-12-22)10-13-2-8-16(9-3-13)25-11-17(23)14-4-6-15(20)7-5-14/h2-9,12,17-18,23H,10-11H2,1H3,(H,21,22,24). The van der Waals surface area contributed by atoms with E-state index in [0.717, 1.165) is 5.56 Å². The lowest BCUT2D eigenvalue weighted by Crippen LogP contribution is -2.32. The molecule has 0 saturated carbocycles. The molecule has 0 aliphatic heterocycles. The highest BCUT2D eigenvalue weighted by molar-refractivity contribution is 7.99. The molecule has 0 aromatic heterocycles. The Bertz CT molecular complexity index is 721. The molecule has 2 aromatic carbocycles. The molecule has 2 unspecified atom stereocenters. The Kier molecular flexibility index (Phi) is 7.62. The van der Waals surface area contributed by atoms with Gasteiger partial charge in [-0.05, 0) is 48.1 Å². The van der Waals surface area contributed by atoms with Crippen molar-refractivity contribution in [1.29, 1.82) is 0 Å². The third-order valence-electron chi connectivity index (χ3n) is 3.79. The van der Waals surface area contributed by atoms with Crippen LogP contribution in [-0.2, 0) is 16.0 Å². The van der Waals surface area contributed by atoms with E-state index >= 15 is 0 Å². The van der Waals surface area contributed by atoms with Gasteiger partial charge in [0.15, 0.2) is 0 Å². The Balaban J connectivity index is 1.89. The summed E-state index contributed by atoms with van der Waals surface area (Å²) in [5, 5.41) is 11.9. The zero-order valence-corrected chi connectivity index (χ0v) is 15.0. The Morgan fingerprint density at radius 1 is 1.23 bits per heavy atom. The van der Waals surface area contributed by atoms with Crippen LogP contribution < -0.4 is 10.1 Å². The first-order chi connectivity index (χ1) is 12.5. The van der Waals surface area contributed by atoms with Gasteiger partial charge in [0.05, 0.1) is 5.25 Å². The molecule has 138 valence electrons. The Labute approximate surface area is 155 Å². The second-order valence-electron chi connectivity index (χ2n) is 5.58. The minimum absolute atomic E-state index is 0.0418. The van der Waals surface area contributed by atoms with Gasteiger partial charge in [-0.2, -0.15) is 11.8 Å². The highest BCUT2D eigenvalue weighted by Crippen LogP contribution is 2.20. The highest BCUT2D eigenvalue weighted by Gasteiger charge is 2.17. The predicted molar refractivity (Wildman–Crippen MR) is 98.5 cm³/mol. The van der Waals surface area contributed by atoms with Gasteiger partial charge in [0.2, 0.25) is 12.3 Å². The fourth-order valence-electron chi connectivity index (χ4n) is 2.33. The van der Waals surface area contributed by atoms with Crippen LogP contribution in [0.5, 0.6) is 5.75 Å². The molecule has 2 atom stereocenters. The number of rotatable bonds is 9. The maximum Gasteiger partial charge on any atom is 0.239 e.